The summed E-state index contributed by atoms with van der Waals surface area (Å²) in [6.07, 6.45) is 0.633. The molecule has 1 aromatic rings. The molecule has 0 spiro atoms. The maximum Gasteiger partial charge on any atom is 0.289 e. The van der Waals surface area contributed by atoms with Crippen LogP contribution in [0.4, 0.5) is 4.79 Å². The number of methoxy groups -OCH3 is 1. The Balaban J connectivity index is 1.70. The molecule has 116 valence electrons. The first-order valence-corrected chi connectivity index (χ1v) is 8.01. The highest BCUT2D eigenvalue weighted by Crippen LogP contribution is 2.27. The molecule has 6 nitrogen and oxygen atoms in total. The van der Waals surface area contributed by atoms with Gasteiger partial charge in [0.15, 0.2) is 0 Å². The fraction of sp³-hybridized carbons (Fsp3) is 0.400. The molecule has 1 atom stereocenters. The lowest BCUT2D eigenvalue weighted by Crippen LogP contribution is -2.41. The SMILES string of the molecule is COc1cccc(C(=O)N2CC[C@@H](N3C(=O)CSC3=O)C2)c1. The number of likely N-dealkylation sites (tertiary alicyclic amines) is 1. The Morgan fingerprint density at radius 2 is 2.18 bits per heavy atom. The molecule has 0 radical (unpaired) electrons. The normalized spacial score (nSPS) is 21.6. The summed E-state index contributed by atoms with van der Waals surface area (Å²) in [7, 11) is 1.55. The van der Waals surface area contributed by atoms with E-state index in [0.29, 0.717) is 30.8 Å². The molecule has 0 aliphatic carbocycles. The van der Waals surface area contributed by atoms with Crippen molar-refractivity contribution in [3.63, 3.8) is 0 Å². The number of rotatable bonds is 3. The van der Waals surface area contributed by atoms with Crippen LogP contribution >= 0.6 is 11.8 Å². The molecular formula is C15H16N2O4S. The van der Waals surface area contributed by atoms with Gasteiger partial charge in [-0.2, -0.15) is 0 Å². The number of carbonyl (C=O) groups excluding carboxylic acids is 3. The lowest BCUT2D eigenvalue weighted by Gasteiger charge is -2.22. The molecule has 22 heavy (non-hydrogen) atoms. The summed E-state index contributed by atoms with van der Waals surface area (Å²) >= 11 is 1.03. The van der Waals surface area contributed by atoms with Crippen molar-refractivity contribution in [1.82, 2.24) is 9.80 Å². The van der Waals surface area contributed by atoms with Crippen molar-refractivity contribution in [2.45, 2.75) is 12.5 Å². The van der Waals surface area contributed by atoms with E-state index in [9.17, 15) is 14.4 Å². The average Bonchev–Trinajstić information content (AvgIpc) is 3.13. The van der Waals surface area contributed by atoms with E-state index in [1.165, 1.54) is 4.90 Å². The van der Waals surface area contributed by atoms with E-state index >= 15 is 0 Å². The van der Waals surface area contributed by atoms with Gasteiger partial charge in [0.2, 0.25) is 5.91 Å². The molecule has 1 aromatic carbocycles. The topological polar surface area (TPSA) is 66.9 Å². The predicted octanol–water partition coefficient (Wildman–Crippen LogP) is 1.61. The molecule has 2 saturated heterocycles. The highest BCUT2D eigenvalue weighted by molar-refractivity contribution is 8.14. The van der Waals surface area contributed by atoms with E-state index < -0.39 is 0 Å². The molecular weight excluding hydrogens is 304 g/mol. The van der Waals surface area contributed by atoms with Gasteiger partial charge >= 0.3 is 0 Å². The molecule has 0 N–H and O–H groups in total. The van der Waals surface area contributed by atoms with Crippen molar-refractivity contribution in [3.8, 4) is 5.75 Å². The van der Waals surface area contributed by atoms with Gasteiger partial charge in [-0.3, -0.25) is 19.3 Å². The summed E-state index contributed by atoms with van der Waals surface area (Å²) in [4.78, 5) is 39.0. The van der Waals surface area contributed by atoms with Crippen LogP contribution in [0.1, 0.15) is 16.8 Å². The van der Waals surface area contributed by atoms with E-state index in [1.54, 1.807) is 36.3 Å². The second-order valence-electron chi connectivity index (χ2n) is 5.24. The number of amides is 3. The molecule has 3 amide bonds. The minimum Gasteiger partial charge on any atom is -0.497 e. The van der Waals surface area contributed by atoms with Gasteiger partial charge in [-0.05, 0) is 24.6 Å². The number of imide groups is 1. The molecule has 2 fully saturated rings. The molecule has 2 heterocycles. The van der Waals surface area contributed by atoms with Crippen molar-refractivity contribution in [3.05, 3.63) is 29.8 Å². The molecule has 3 rings (SSSR count). The Labute approximate surface area is 132 Å². The first kappa shape index (κ1) is 14.9. The first-order chi connectivity index (χ1) is 10.6. The summed E-state index contributed by atoms with van der Waals surface area (Å²) in [6.45, 7) is 0.941. The lowest BCUT2D eigenvalue weighted by molar-refractivity contribution is -0.126. The maximum atomic E-state index is 12.5. The van der Waals surface area contributed by atoms with Crippen LogP contribution in [-0.4, -0.2) is 58.8 Å². The lowest BCUT2D eigenvalue weighted by atomic mass is 10.2. The summed E-state index contributed by atoms with van der Waals surface area (Å²) in [5.41, 5.74) is 0.549. The van der Waals surface area contributed by atoms with E-state index in [2.05, 4.69) is 0 Å². The van der Waals surface area contributed by atoms with Crippen LogP contribution in [0, 0.1) is 0 Å². The third-order valence-electron chi connectivity index (χ3n) is 3.92. The zero-order chi connectivity index (χ0) is 15.7. The Morgan fingerprint density at radius 1 is 1.36 bits per heavy atom. The first-order valence-electron chi connectivity index (χ1n) is 7.02. The highest BCUT2D eigenvalue weighted by Gasteiger charge is 2.40. The fourth-order valence-corrected chi connectivity index (χ4v) is 3.57. The van der Waals surface area contributed by atoms with Crippen LogP contribution in [0.15, 0.2) is 24.3 Å². The summed E-state index contributed by atoms with van der Waals surface area (Å²) in [5, 5.41) is -0.203. The van der Waals surface area contributed by atoms with Gasteiger partial charge in [0, 0.05) is 18.7 Å². The van der Waals surface area contributed by atoms with Crippen molar-refractivity contribution in [2.24, 2.45) is 0 Å². The standard InChI is InChI=1S/C15H16N2O4S/c1-21-12-4-2-3-10(7-12)14(19)16-6-5-11(8-16)17-13(18)9-22-15(17)20/h2-4,7,11H,5-6,8-9H2,1H3/t11-/m1/s1. The van der Waals surface area contributed by atoms with Crippen molar-refractivity contribution in [1.29, 1.82) is 0 Å². The van der Waals surface area contributed by atoms with E-state index in [0.717, 1.165) is 11.8 Å². The van der Waals surface area contributed by atoms with Gasteiger partial charge in [0.05, 0.1) is 18.9 Å². The van der Waals surface area contributed by atoms with E-state index in [4.69, 9.17) is 4.74 Å². The zero-order valence-electron chi connectivity index (χ0n) is 12.2. The van der Waals surface area contributed by atoms with Crippen molar-refractivity contribution >= 4 is 28.8 Å². The molecule has 2 aliphatic heterocycles. The van der Waals surface area contributed by atoms with Crippen molar-refractivity contribution in [2.75, 3.05) is 26.0 Å². The minimum atomic E-state index is -0.204. The van der Waals surface area contributed by atoms with Gasteiger partial charge in [-0.25, -0.2) is 0 Å². The monoisotopic (exact) mass is 320 g/mol. The van der Waals surface area contributed by atoms with Crippen LogP contribution in [0.25, 0.3) is 0 Å². The molecule has 0 unspecified atom stereocenters. The van der Waals surface area contributed by atoms with Crippen LogP contribution in [0.2, 0.25) is 0 Å². The number of thioether (sulfide) groups is 1. The number of ether oxygens (including phenoxy) is 1. The zero-order valence-corrected chi connectivity index (χ0v) is 13.0. The Kier molecular flexibility index (Phi) is 4.06. The van der Waals surface area contributed by atoms with Gasteiger partial charge in [-0.1, -0.05) is 17.8 Å². The Hall–Kier alpha value is -2.02. The van der Waals surface area contributed by atoms with Crippen LogP contribution in [0.3, 0.4) is 0 Å². The number of nitrogens with zero attached hydrogens (tertiary/aromatic N) is 2. The molecule has 2 aliphatic rings. The number of carbonyl (C=O) groups is 3. The maximum absolute atomic E-state index is 12.5. The van der Waals surface area contributed by atoms with Gasteiger partial charge in [0.25, 0.3) is 11.1 Å². The third-order valence-corrected chi connectivity index (χ3v) is 4.75. The Bertz CT molecular complexity index is 618. The third kappa shape index (κ3) is 2.68. The van der Waals surface area contributed by atoms with E-state index in [1.807, 2.05) is 0 Å². The Morgan fingerprint density at radius 3 is 2.86 bits per heavy atom. The summed E-state index contributed by atoms with van der Waals surface area (Å²) in [5.74, 6) is 0.575. The second kappa shape index (κ2) is 6.00. The second-order valence-corrected chi connectivity index (χ2v) is 6.17. The quantitative estimate of drug-likeness (QED) is 0.846. The molecule has 7 heteroatoms. The average molecular weight is 320 g/mol. The number of hydrogen-bond donors (Lipinski definition) is 0. The fourth-order valence-electron chi connectivity index (χ4n) is 2.79. The van der Waals surface area contributed by atoms with Crippen LogP contribution < -0.4 is 4.74 Å². The van der Waals surface area contributed by atoms with Crippen LogP contribution in [0.5, 0.6) is 5.75 Å². The predicted molar refractivity (Wildman–Crippen MR) is 82.0 cm³/mol. The largest absolute Gasteiger partial charge is 0.497 e. The molecule has 0 aromatic heterocycles. The van der Waals surface area contributed by atoms with Crippen LogP contribution in [-0.2, 0) is 4.79 Å². The van der Waals surface area contributed by atoms with E-state index in [-0.39, 0.29) is 28.8 Å². The smallest absolute Gasteiger partial charge is 0.289 e. The molecule has 0 bridgehead atoms. The van der Waals surface area contributed by atoms with Crippen molar-refractivity contribution < 1.29 is 19.1 Å². The number of hydrogen-bond acceptors (Lipinski definition) is 5. The summed E-state index contributed by atoms with van der Waals surface area (Å²) in [6, 6.07) is 6.77. The minimum absolute atomic E-state index is 0.104. The van der Waals surface area contributed by atoms with Gasteiger partial charge in [0.1, 0.15) is 5.75 Å². The molecule has 0 saturated carbocycles. The van der Waals surface area contributed by atoms with Gasteiger partial charge < -0.3 is 9.64 Å². The summed E-state index contributed by atoms with van der Waals surface area (Å²) < 4.78 is 5.13. The number of benzene rings is 1. The van der Waals surface area contributed by atoms with Gasteiger partial charge in [-0.15, -0.1) is 0 Å². The highest BCUT2D eigenvalue weighted by atomic mass is 32.2.